The van der Waals surface area contributed by atoms with Crippen molar-refractivity contribution in [3.05, 3.63) is 34.2 Å². The normalized spacial score (nSPS) is 16.8. The minimum atomic E-state index is -0.995. The third-order valence-electron chi connectivity index (χ3n) is 3.67. The van der Waals surface area contributed by atoms with E-state index in [2.05, 4.69) is 9.88 Å². The number of benzene rings is 1. The number of aromatic nitrogens is 2. The van der Waals surface area contributed by atoms with Crippen molar-refractivity contribution in [3.63, 3.8) is 0 Å². The van der Waals surface area contributed by atoms with Crippen LogP contribution in [0.5, 0.6) is 0 Å². The Morgan fingerprint density at radius 3 is 2.60 bits per heavy atom. The third-order valence-corrected chi connectivity index (χ3v) is 3.67. The van der Waals surface area contributed by atoms with Gasteiger partial charge in [0.1, 0.15) is 0 Å². The van der Waals surface area contributed by atoms with Crippen molar-refractivity contribution in [2.75, 3.05) is 38.2 Å². The van der Waals surface area contributed by atoms with Crippen LogP contribution in [0.15, 0.2) is 23.0 Å². The first kappa shape index (κ1) is 12.7. The lowest BCUT2D eigenvalue weighted by Crippen LogP contribution is -2.52. The first-order valence-electron chi connectivity index (χ1n) is 6.48. The number of carboxylic acid groups (broad SMARTS) is 1. The van der Waals surface area contributed by atoms with Gasteiger partial charge in [-0.3, -0.25) is 0 Å². The summed E-state index contributed by atoms with van der Waals surface area (Å²) in [5, 5.41) is 11.0. The number of carbonyl (C=O) groups is 1. The van der Waals surface area contributed by atoms with Gasteiger partial charge < -0.3 is 20.0 Å². The van der Waals surface area contributed by atoms with E-state index in [0.29, 0.717) is 11.0 Å². The average molecular weight is 276 g/mol. The highest BCUT2D eigenvalue weighted by Gasteiger charge is 2.19. The number of fused-ring (bicyclic) bond motifs is 1. The summed E-state index contributed by atoms with van der Waals surface area (Å²) < 4.78 is 1.55. The number of hydrogen-bond acceptors (Lipinski definition) is 4. The van der Waals surface area contributed by atoms with Gasteiger partial charge in [-0.1, -0.05) is 0 Å². The predicted octanol–water partition coefficient (Wildman–Crippen LogP) is -0.0888. The Balaban J connectivity index is 2.09. The summed E-state index contributed by atoms with van der Waals surface area (Å²) in [5.74, 6) is -0.995. The number of rotatable bonds is 2. The Bertz CT molecular complexity index is 710. The highest BCUT2D eigenvalue weighted by atomic mass is 16.4. The van der Waals surface area contributed by atoms with Gasteiger partial charge in [-0.15, -0.1) is 0 Å². The van der Waals surface area contributed by atoms with Crippen LogP contribution in [0.1, 0.15) is 10.4 Å². The van der Waals surface area contributed by atoms with E-state index in [1.54, 1.807) is 10.7 Å². The second-order valence-corrected chi connectivity index (χ2v) is 5.04. The van der Waals surface area contributed by atoms with E-state index in [1.807, 2.05) is 12.1 Å². The lowest BCUT2D eigenvalue weighted by Gasteiger charge is -2.34. The van der Waals surface area contributed by atoms with Crippen LogP contribution in [0.4, 0.5) is 0 Å². The summed E-state index contributed by atoms with van der Waals surface area (Å²) in [5.41, 5.74) is 1.21. The number of piperazine rings is 1. The molecular weight excluding hydrogens is 260 g/mol. The predicted molar refractivity (Wildman–Crippen MR) is 75.0 cm³/mol. The Labute approximate surface area is 115 Å². The van der Waals surface area contributed by atoms with Crippen molar-refractivity contribution in [3.8, 4) is 0 Å². The Morgan fingerprint density at radius 1 is 1.25 bits per heavy atom. The Hall–Kier alpha value is -2.28. The molecule has 0 aliphatic carbocycles. The number of H-pyrrole nitrogens is 1. The lowest BCUT2D eigenvalue weighted by molar-refractivity contribution is 0.0697. The van der Waals surface area contributed by atoms with Gasteiger partial charge in [0.2, 0.25) is 0 Å². The van der Waals surface area contributed by atoms with Gasteiger partial charge in [0.25, 0.3) is 0 Å². The Kier molecular flexibility index (Phi) is 2.98. The first-order valence-corrected chi connectivity index (χ1v) is 6.48. The zero-order chi connectivity index (χ0) is 14.3. The molecule has 7 heteroatoms. The van der Waals surface area contributed by atoms with Gasteiger partial charge in [-0.25, -0.2) is 14.3 Å². The third kappa shape index (κ3) is 2.05. The molecule has 1 aliphatic heterocycles. The highest BCUT2D eigenvalue weighted by Crippen LogP contribution is 2.14. The molecule has 20 heavy (non-hydrogen) atoms. The fourth-order valence-corrected chi connectivity index (χ4v) is 2.50. The fraction of sp³-hybridized carbons (Fsp3) is 0.385. The topological polar surface area (TPSA) is 81.6 Å². The zero-order valence-electron chi connectivity index (χ0n) is 11.2. The van der Waals surface area contributed by atoms with Crippen molar-refractivity contribution >= 4 is 17.0 Å². The second kappa shape index (κ2) is 4.68. The van der Waals surface area contributed by atoms with E-state index in [9.17, 15) is 9.59 Å². The molecule has 0 spiro atoms. The minimum Gasteiger partial charge on any atom is -0.478 e. The molecule has 0 radical (unpaired) electrons. The molecule has 1 aromatic heterocycles. The maximum atomic E-state index is 12.1. The number of likely N-dealkylation sites (N-methyl/N-ethyl adjacent to an activating group) is 1. The van der Waals surface area contributed by atoms with Gasteiger partial charge in [0.05, 0.1) is 16.6 Å². The van der Waals surface area contributed by atoms with Gasteiger partial charge in [-0.2, -0.15) is 0 Å². The van der Waals surface area contributed by atoms with Crippen molar-refractivity contribution in [1.82, 2.24) is 14.6 Å². The molecule has 106 valence electrons. The van der Waals surface area contributed by atoms with E-state index in [4.69, 9.17) is 5.11 Å². The number of carboxylic acids is 1. The molecular formula is C13H16N4O3. The molecule has 2 N–H and O–H groups in total. The van der Waals surface area contributed by atoms with Crippen LogP contribution in [0, 0.1) is 0 Å². The van der Waals surface area contributed by atoms with Crippen LogP contribution >= 0.6 is 0 Å². The molecule has 1 saturated heterocycles. The smallest absolute Gasteiger partial charge is 0.345 e. The van der Waals surface area contributed by atoms with Gasteiger partial charge >= 0.3 is 11.7 Å². The van der Waals surface area contributed by atoms with Crippen LogP contribution in [0.3, 0.4) is 0 Å². The van der Waals surface area contributed by atoms with E-state index in [0.717, 1.165) is 26.2 Å². The molecule has 0 unspecified atom stereocenters. The zero-order valence-corrected chi connectivity index (χ0v) is 11.2. The van der Waals surface area contributed by atoms with Crippen molar-refractivity contribution < 1.29 is 9.90 Å². The van der Waals surface area contributed by atoms with Crippen molar-refractivity contribution in [1.29, 1.82) is 0 Å². The number of imidazole rings is 1. The molecule has 1 fully saturated rings. The molecule has 0 bridgehead atoms. The molecule has 2 aromatic rings. The molecule has 0 saturated carbocycles. The second-order valence-electron chi connectivity index (χ2n) is 5.04. The highest BCUT2D eigenvalue weighted by molar-refractivity contribution is 5.92. The summed E-state index contributed by atoms with van der Waals surface area (Å²) in [4.78, 5) is 28.1. The molecule has 0 amide bonds. The van der Waals surface area contributed by atoms with E-state index in [-0.39, 0.29) is 11.3 Å². The number of nitrogens with one attached hydrogen (secondary N) is 1. The van der Waals surface area contributed by atoms with Gasteiger partial charge in [0, 0.05) is 26.2 Å². The summed E-state index contributed by atoms with van der Waals surface area (Å²) in [7, 11) is 2.04. The van der Waals surface area contributed by atoms with Crippen molar-refractivity contribution in [2.24, 2.45) is 0 Å². The van der Waals surface area contributed by atoms with Gasteiger partial charge in [-0.05, 0) is 25.2 Å². The molecule has 2 heterocycles. The summed E-state index contributed by atoms with van der Waals surface area (Å²) in [6.45, 7) is 3.22. The van der Waals surface area contributed by atoms with Crippen LogP contribution in [-0.4, -0.2) is 58.9 Å². The number of nitrogens with zero attached hydrogens (tertiary/aromatic N) is 3. The Morgan fingerprint density at radius 2 is 1.95 bits per heavy atom. The van der Waals surface area contributed by atoms with Crippen LogP contribution in [0.25, 0.3) is 11.0 Å². The summed E-state index contributed by atoms with van der Waals surface area (Å²) in [6.07, 6.45) is 0. The lowest BCUT2D eigenvalue weighted by atomic mass is 10.2. The monoisotopic (exact) mass is 276 g/mol. The minimum absolute atomic E-state index is 0.180. The van der Waals surface area contributed by atoms with Gasteiger partial charge in [0.15, 0.2) is 0 Å². The van der Waals surface area contributed by atoms with E-state index in [1.165, 1.54) is 12.1 Å². The van der Waals surface area contributed by atoms with Crippen LogP contribution < -0.4 is 10.7 Å². The van der Waals surface area contributed by atoms with Crippen LogP contribution in [0.2, 0.25) is 0 Å². The maximum Gasteiger partial charge on any atom is 0.345 e. The number of hydrogen-bond donors (Lipinski definition) is 2. The standard InChI is InChI=1S/C13H16N4O3/c1-15-4-6-16(7-5-15)17-11-8-9(12(18)19)2-3-10(11)14-13(17)20/h2-3,8H,4-7H2,1H3,(H,14,20)(H,18,19). The van der Waals surface area contributed by atoms with Crippen molar-refractivity contribution in [2.45, 2.75) is 0 Å². The van der Waals surface area contributed by atoms with E-state index < -0.39 is 5.97 Å². The summed E-state index contributed by atoms with van der Waals surface area (Å²) in [6, 6.07) is 4.66. The van der Waals surface area contributed by atoms with Crippen LogP contribution in [-0.2, 0) is 0 Å². The average Bonchev–Trinajstić information content (AvgIpc) is 2.75. The fourth-order valence-electron chi connectivity index (χ4n) is 2.50. The molecule has 0 atom stereocenters. The summed E-state index contributed by atoms with van der Waals surface area (Å²) >= 11 is 0. The first-order chi connectivity index (χ1) is 9.56. The quantitative estimate of drug-likeness (QED) is 0.801. The molecule has 1 aromatic carbocycles. The molecule has 7 nitrogen and oxygen atoms in total. The SMILES string of the molecule is CN1CCN(n2c(=O)[nH]c3ccc(C(=O)O)cc32)CC1. The number of aromatic carboxylic acids is 1. The molecule has 1 aliphatic rings. The number of aromatic amines is 1. The maximum absolute atomic E-state index is 12.1. The van der Waals surface area contributed by atoms with E-state index >= 15 is 0 Å². The largest absolute Gasteiger partial charge is 0.478 e. The molecule has 3 rings (SSSR count).